The summed E-state index contributed by atoms with van der Waals surface area (Å²) in [5.74, 6) is 0.928. The van der Waals surface area contributed by atoms with E-state index in [4.69, 9.17) is 8.85 Å². The summed E-state index contributed by atoms with van der Waals surface area (Å²) in [4.78, 5) is 0. The lowest BCUT2D eigenvalue weighted by Crippen LogP contribution is -1.95. The molecule has 2 aromatic rings. The molecule has 2 rings (SSSR count). The van der Waals surface area contributed by atoms with E-state index in [9.17, 15) is 0 Å². The first-order valence-corrected chi connectivity index (χ1v) is 5.50. The van der Waals surface area contributed by atoms with Crippen molar-refractivity contribution in [3.8, 4) is 5.75 Å². The van der Waals surface area contributed by atoms with E-state index in [1.54, 1.807) is 6.20 Å². The summed E-state index contributed by atoms with van der Waals surface area (Å²) >= 11 is 0. The molecule has 0 saturated carbocycles. The topological polar surface area (TPSA) is 27.1 Å². The third-order valence-corrected chi connectivity index (χ3v) is 2.59. The van der Waals surface area contributed by atoms with Gasteiger partial charge in [0, 0.05) is 22.7 Å². The fourth-order valence-electron chi connectivity index (χ4n) is 1.88. The van der Waals surface area contributed by atoms with Gasteiger partial charge in [-0.1, -0.05) is 19.9 Å². The molecule has 3 heteroatoms. The molecule has 0 aliphatic carbocycles. The van der Waals surface area contributed by atoms with Crippen LogP contribution in [0, 0.1) is 0 Å². The summed E-state index contributed by atoms with van der Waals surface area (Å²) in [6.07, 6.45) is 1.58. The molecule has 0 radical (unpaired) electrons. The molecule has 1 heterocycles. The zero-order valence-electron chi connectivity index (χ0n) is 12.8. The number of aromatic nitrogens is 2. The monoisotopic (exact) mass is 221 g/mol. The smallest absolute Gasteiger partial charge is 0.147 e. The van der Waals surface area contributed by atoms with Gasteiger partial charge in [-0.05, 0) is 24.5 Å². The first-order chi connectivity index (χ1) is 8.84. The standard InChI is InChI=1S/C13H18N2O/c1-5-16-12-7-6-10(9(2)3)11-8-15(4)14-13(11)12/h6-9H,5H2,1-4H3/i4D3. The molecular weight excluding hydrogens is 200 g/mol. The third kappa shape index (κ3) is 1.77. The highest BCUT2D eigenvalue weighted by atomic mass is 16.5. The largest absolute Gasteiger partial charge is 0.492 e. The molecule has 0 aliphatic rings. The minimum Gasteiger partial charge on any atom is -0.492 e. The van der Waals surface area contributed by atoms with Gasteiger partial charge in [-0.2, -0.15) is 5.10 Å². The van der Waals surface area contributed by atoms with Crippen LogP contribution in [0.25, 0.3) is 10.9 Å². The molecule has 0 fully saturated rings. The number of hydrogen-bond donors (Lipinski definition) is 0. The van der Waals surface area contributed by atoms with Gasteiger partial charge in [-0.25, -0.2) is 0 Å². The van der Waals surface area contributed by atoms with E-state index in [1.165, 1.54) is 0 Å². The first kappa shape index (κ1) is 7.71. The molecule has 0 atom stereocenters. The van der Waals surface area contributed by atoms with Crippen molar-refractivity contribution in [3.05, 3.63) is 23.9 Å². The quantitative estimate of drug-likeness (QED) is 0.796. The summed E-state index contributed by atoms with van der Waals surface area (Å²) in [5, 5.41) is 5.02. The van der Waals surface area contributed by atoms with Gasteiger partial charge in [-0.15, -0.1) is 0 Å². The molecule has 0 amide bonds. The van der Waals surface area contributed by atoms with Gasteiger partial charge in [-0.3, -0.25) is 4.68 Å². The average molecular weight is 221 g/mol. The Morgan fingerprint density at radius 1 is 1.50 bits per heavy atom. The first-order valence-electron chi connectivity index (χ1n) is 7.00. The Labute approximate surface area is 100 Å². The van der Waals surface area contributed by atoms with Crippen molar-refractivity contribution >= 4 is 10.9 Å². The van der Waals surface area contributed by atoms with Crippen LogP contribution in [0.3, 0.4) is 0 Å². The molecule has 0 N–H and O–H groups in total. The van der Waals surface area contributed by atoms with Crippen molar-refractivity contribution < 1.29 is 8.85 Å². The van der Waals surface area contributed by atoms with Gasteiger partial charge >= 0.3 is 0 Å². The maximum Gasteiger partial charge on any atom is 0.147 e. The van der Waals surface area contributed by atoms with Crippen molar-refractivity contribution in [2.75, 3.05) is 6.61 Å². The van der Waals surface area contributed by atoms with Crippen molar-refractivity contribution in [3.63, 3.8) is 0 Å². The van der Waals surface area contributed by atoms with Crippen LogP contribution in [-0.2, 0) is 6.98 Å². The lowest BCUT2D eigenvalue weighted by Gasteiger charge is -2.09. The van der Waals surface area contributed by atoms with Crippen molar-refractivity contribution in [2.24, 2.45) is 6.98 Å². The zero-order chi connectivity index (χ0) is 14.2. The normalized spacial score (nSPS) is 14.9. The molecule has 0 spiro atoms. The van der Waals surface area contributed by atoms with Gasteiger partial charge in [0.1, 0.15) is 11.3 Å². The Morgan fingerprint density at radius 2 is 2.31 bits per heavy atom. The van der Waals surface area contributed by atoms with Crippen LogP contribution in [0.1, 0.15) is 36.4 Å². The van der Waals surface area contributed by atoms with Gasteiger partial charge in [0.2, 0.25) is 0 Å². The Balaban J connectivity index is 2.69. The van der Waals surface area contributed by atoms with E-state index in [1.807, 2.05) is 19.1 Å². The molecular formula is C13H18N2O. The number of rotatable bonds is 3. The summed E-state index contributed by atoms with van der Waals surface area (Å²) in [6.45, 7) is 4.29. The van der Waals surface area contributed by atoms with Crippen LogP contribution in [-0.4, -0.2) is 16.4 Å². The Bertz CT molecular complexity index is 587. The molecule has 1 aromatic heterocycles. The number of nitrogens with zero attached hydrogens (tertiary/aromatic N) is 2. The molecule has 16 heavy (non-hydrogen) atoms. The van der Waals surface area contributed by atoms with Crippen molar-refractivity contribution in [1.82, 2.24) is 9.78 Å². The Kier molecular flexibility index (Phi) is 2.01. The van der Waals surface area contributed by atoms with Gasteiger partial charge in [0.25, 0.3) is 0 Å². The molecule has 86 valence electrons. The highest BCUT2D eigenvalue weighted by Gasteiger charge is 2.12. The van der Waals surface area contributed by atoms with E-state index < -0.39 is 6.98 Å². The number of hydrogen-bond acceptors (Lipinski definition) is 2. The second kappa shape index (κ2) is 4.16. The van der Waals surface area contributed by atoms with Crippen LogP contribution >= 0.6 is 0 Å². The molecule has 0 bridgehead atoms. The van der Waals surface area contributed by atoms with Crippen LogP contribution in [0.4, 0.5) is 0 Å². The van der Waals surface area contributed by atoms with Gasteiger partial charge in [0.05, 0.1) is 6.61 Å². The predicted molar refractivity (Wildman–Crippen MR) is 66.0 cm³/mol. The Morgan fingerprint density at radius 3 is 2.94 bits per heavy atom. The molecule has 0 aliphatic heterocycles. The van der Waals surface area contributed by atoms with E-state index >= 15 is 0 Å². The van der Waals surface area contributed by atoms with Gasteiger partial charge < -0.3 is 4.74 Å². The van der Waals surface area contributed by atoms with Crippen LogP contribution in [0.2, 0.25) is 0 Å². The van der Waals surface area contributed by atoms with E-state index in [0.717, 1.165) is 15.6 Å². The number of ether oxygens (including phenoxy) is 1. The zero-order valence-corrected chi connectivity index (χ0v) is 9.82. The second-order valence-corrected chi connectivity index (χ2v) is 4.08. The molecule has 1 aromatic carbocycles. The number of fused-ring (bicyclic) bond motifs is 1. The summed E-state index contributed by atoms with van der Waals surface area (Å²) in [7, 11) is 0. The molecule has 0 saturated heterocycles. The second-order valence-electron chi connectivity index (χ2n) is 4.08. The highest BCUT2D eigenvalue weighted by molar-refractivity contribution is 5.87. The minimum absolute atomic E-state index is 0.299. The lowest BCUT2D eigenvalue weighted by atomic mass is 9.99. The number of benzene rings is 1. The number of aryl methyl sites for hydroxylation is 1. The van der Waals surface area contributed by atoms with Gasteiger partial charge in [0.15, 0.2) is 0 Å². The fraction of sp³-hybridized carbons (Fsp3) is 0.462. The maximum absolute atomic E-state index is 7.45. The average Bonchev–Trinajstić information content (AvgIpc) is 2.73. The van der Waals surface area contributed by atoms with Crippen LogP contribution in [0.5, 0.6) is 5.75 Å². The van der Waals surface area contributed by atoms with E-state index in [-0.39, 0.29) is 0 Å². The molecule has 0 unspecified atom stereocenters. The van der Waals surface area contributed by atoms with Crippen molar-refractivity contribution in [2.45, 2.75) is 26.7 Å². The minimum atomic E-state index is -2.27. The summed E-state index contributed by atoms with van der Waals surface area (Å²) in [5.41, 5.74) is 1.69. The summed E-state index contributed by atoms with van der Waals surface area (Å²) in [6, 6.07) is 3.83. The lowest BCUT2D eigenvalue weighted by molar-refractivity contribution is 0.343. The van der Waals surface area contributed by atoms with E-state index in [2.05, 4.69) is 18.9 Å². The maximum atomic E-state index is 7.45. The van der Waals surface area contributed by atoms with Crippen molar-refractivity contribution in [1.29, 1.82) is 0 Å². The highest BCUT2D eigenvalue weighted by Crippen LogP contribution is 2.31. The Hall–Kier alpha value is -1.51. The van der Waals surface area contributed by atoms with Crippen LogP contribution in [0.15, 0.2) is 18.3 Å². The third-order valence-electron chi connectivity index (χ3n) is 2.59. The summed E-state index contributed by atoms with van der Waals surface area (Å²) < 4.78 is 28.9. The van der Waals surface area contributed by atoms with Crippen LogP contribution < -0.4 is 4.74 Å². The van der Waals surface area contributed by atoms with E-state index in [0.29, 0.717) is 23.8 Å². The SMILES string of the molecule is [2H]C([2H])([2H])n1cc2c(C(C)C)ccc(OCC)c2n1. The molecule has 3 nitrogen and oxygen atoms in total. The fourth-order valence-corrected chi connectivity index (χ4v) is 1.88. The predicted octanol–water partition coefficient (Wildman–Crippen LogP) is 3.10.